The Labute approximate surface area is 117 Å². The summed E-state index contributed by atoms with van der Waals surface area (Å²) in [7, 11) is 0. The van der Waals surface area contributed by atoms with Gasteiger partial charge in [0.15, 0.2) is 5.69 Å². The number of nitrogens with one attached hydrogen (secondary N) is 2. The Morgan fingerprint density at radius 3 is 2.80 bits per heavy atom. The number of nitrogens with zero attached hydrogens (tertiary/aromatic N) is 2. The van der Waals surface area contributed by atoms with Crippen molar-refractivity contribution in [2.45, 2.75) is 38.8 Å². The van der Waals surface area contributed by atoms with E-state index >= 15 is 0 Å². The SMILES string of the molecule is CC(C)N(CC1CCCN1)C(=O)c1ccc([N+](=O)[O-])[nH]1. The number of amides is 1. The summed E-state index contributed by atoms with van der Waals surface area (Å²) in [6.45, 7) is 5.51. The summed E-state index contributed by atoms with van der Waals surface area (Å²) < 4.78 is 0. The van der Waals surface area contributed by atoms with Crippen LogP contribution < -0.4 is 5.32 Å². The van der Waals surface area contributed by atoms with E-state index in [2.05, 4.69) is 10.3 Å². The van der Waals surface area contributed by atoms with Crippen molar-refractivity contribution in [3.8, 4) is 0 Å². The molecule has 0 radical (unpaired) electrons. The highest BCUT2D eigenvalue weighted by molar-refractivity contribution is 5.93. The van der Waals surface area contributed by atoms with Crippen molar-refractivity contribution in [3.63, 3.8) is 0 Å². The highest BCUT2D eigenvalue weighted by Gasteiger charge is 2.27. The lowest BCUT2D eigenvalue weighted by atomic mass is 10.2. The van der Waals surface area contributed by atoms with Gasteiger partial charge in [0.1, 0.15) is 0 Å². The van der Waals surface area contributed by atoms with E-state index in [1.54, 1.807) is 4.90 Å². The van der Waals surface area contributed by atoms with Gasteiger partial charge in [-0.1, -0.05) is 0 Å². The number of H-pyrrole nitrogens is 1. The lowest BCUT2D eigenvalue weighted by Crippen LogP contribution is -2.44. The van der Waals surface area contributed by atoms with E-state index in [1.807, 2.05) is 13.8 Å². The maximum Gasteiger partial charge on any atom is 0.321 e. The van der Waals surface area contributed by atoms with E-state index in [0.29, 0.717) is 12.6 Å². The number of rotatable bonds is 5. The van der Waals surface area contributed by atoms with Gasteiger partial charge < -0.3 is 20.3 Å². The Morgan fingerprint density at radius 1 is 1.55 bits per heavy atom. The molecule has 1 aliphatic heterocycles. The predicted octanol–water partition coefficient (Wildman–Crippen LogP) is 1.53. The monoisotopic (exact) mass is 280 g/mol. The molecule has 1 aliphatic rings. The van der Waals surface area contributed by atoms with Crippen LogP contribution in [0.15, 0.2) is 12.1 Å². The van der Waals surface area contributed by atoms with Crippen LogP contribution in [0.3, 0.4) is 0 Å². The molecule has 1 amide bonds. The van der Waals surface area contributed by atoms with Gasteiger partial charge in [-0.15, -0.1) is 0 Å². The highest BCUT2D eigenvalue weighted by Crippen LogP contribution is 2.15. The van der Waals surface area contributed by atoms with E-state index in [0.717, 1.165) is 19.4 Å². The van der Waals surface area contributed by atoms with Crippen LogP contribution in [0.25, 0.3) is 0 Å². The Morgan fingerprint density at radius 2 is 2.30 bits per heavy atom. The first-order valence-electron chi connectivity index (χ1n) is 6.87. The van der Waals surface area contributed by atoms with Gasteiger partial charge in [-0.3, -0.25) is 4.79 Å². The van der Waals surface area contributed by atoms with Gasteiger partial charge in [0.25, 0.3) is 5.91 Å². The van der Waals surface area contributed by atoms with Crippen LogP contribution in [0.2, 0.25) is 0 Å². The molecule has 2 N–H and O–H groups in total. The van der Waals surface area contributed by atoms with Crippen LogP contribution in [0.4, 0.5) is 5.82 Å². The van der Waals surface area contributed by atoms with Crippen molar-refractivity contribution in [3.05, 3.63) is 27.9 Å². The fourth-order valence-electron chi connectivity index (χ4n) is 2.45. The zero-order valence-corrected chi connectivity index (χ0v) is 11.8. The van der Waals surface area contributed by atoms with E-state index in [1.165, 1.54) is 12.1 Å². The summed E-state index contributed by atoms with van der Waals surface area (Å²) in [5.41, 5.74) is 0.267. The molecule has 0 saturated carbocycles. The summed E-state index contributed by atoms with van der Waals surface area (Å²) in [4.78, 5) is 26.9. The minimum absolute atomic E-state index is 0.0484. The number of hydrogen-bond acceptors (Lipinski definition) is 4. The van der Waals surface area contributed by atoms with Crippen molar-refractivity contribution in [2.24, 2.45) is 0 Å². The van der Waals surface area contributed by atoms with Crippen molar-refractivity contribution < 1.29 is 9.72 Å². The molecule has 1 fully saturated rings. The van der Waals surface area contributed by atoms with E-state index in [9.17, 15) is 14.9 Å². The molecule has 110 valence electrons. The Kier molecular flexibility index (Phi) is 4.39. The van der Waals surface area contributed by atoms with Gasteiger partial charge in [-0.2, -0.15) is 0 Å². The summed E-state index contributed by atoms with van der Waals surface area (Å²) in [6.07, 6.45) is 2.18. The van der Waals surface area contributed by atoms with E-state index in [4.69, 9.17) is 0 Å². The quantitative estimate of drug-likeness (QED) is 0.632. The van der Waals surface area contributed by atoms with Gasteiger partial charge in [-0.05, 0) is 44.2 Å². The number of aromatic amines is 1. The third-order valence-electron chi connectivity index (χ3n) is 3.56. The smallest absolute Gasteiger partial charge is 0.321 e. The Hall–Kier alpha value is -1.89. The molecule has 1 atom stereocenters. The summed E-state index contributed by atoms with van der Waals surface area (Å²) in [6, 6.07) is 3.15. The average Bonchev–Trinajstić information content (AvgIpc) is 3.06. The molecule has 0 spiro atoms. The van der Waals surface area contributed by atoms with Gasteiger partial charge in [0.2, 0.25) is 0 Å². The lowest BCUT2D eigenvalue weighted by molar-refractivity contribution is -0.389. The van der Waals surface area contributed by atoms with Crippen molar-refractivity contribution in [1.82, 2.24) is 15.2 Å². The first kappa shape index (κ1) is 14.5. The number of hydrogen-bond donors (Lipinski definition) is 2. The topological polar surface area (TPSA) is 91.3 Å². The third kappa shape index (κ3) is 3.16. The summed E-state index contributed by atoms with van der Waals surface area (Å²) in [5, 5.41) is 14.0. The van der Waals surface area contributed by atoms with Crippen LogP contribution in [0.1, 0.15) is 37.2 Å². The molecule has 2 heterocycles. The minimum Gasteiger partial charge on any atom is -0.358 e. The molecule has 7 heteroatoms. The molecule has 2 rings (SSSR count). The maximum atomic E-state index is 12.5. The Bertz CT molecular complexity index is 492. The van der Waals surface area contributed by atoms with Crippen LogP contribution >= 0.6 is 0 Å². The minimum atomic E-state index is -0.533. The van der Waals surface area contributed by atoms with E-state index < -0.39 is 4.92 Å². The molecule has 0 aliphatic carbocycles. The lowest BCUT2D eigenvalue weighted by Gasteiger charge is -2.28. The molecule has 1 saturated heterocycles. The molecule has 0 aromatic carbocycles. The van der Waals surface area contributed by atoms with Crippen molar-refractivity contribution in [1.29, 1.82) is 0 Å². The molecule has 1 unspecified atom stereocenters. The molecule has 1 aromatic heterocycles. The fraction of sp³-hybridized carbons (Fsp3) is 0.615. The van der Waals surface area contributed by atoms with Gasteiger partial charge in [-0.25, -0.2) is 4.98 Å². The zero-order valence-electron chi connectivity index (χ0n) is 11.8. The van der Waals surface area contributed by atoms with Crippen molar-refractivity contribution >= 4 is 11.7 Å². The van der Waals surface area contributed by atoms with Gasteiger partial charge in [0, 0.05) is 24.7 Å². The van der Waals surface area contributed by atoms with Gasteiger partial charge in [0.05, 0.1) is 0 Å². The second-order valence-electron chi connectivity index (χ2n) is 5.36. The highest BCUT2D eigenvalue weighted by atomic mass is 16.6. The number of carbonyl (C=O) groups is 1. The standard InChI is InChI=1S/C13H20N4O3/c1-9(2)16(8-10-4-3-7-14-10)13(18)11-5-6-12(15-11)17(19)20/h5-6,9-10,14-15H,3-4,7-8H2,1-2H3. The molecule has 20 heavy (non-hydrogen) atoms. The Balaban J connectivity index is 2.10. The largest absolute Gasteiger partial charge is 0.358 e. The zero-order chi connectivity index (χ0) is 14.7. The maximum absolute atomic E-state index is 12.5. The first-order chi connectivity index (χ1) is 9.49. The summed E-state index contributed by atoms with van der Waals surface area (Å²) in [5.74, 6) is -0.349. The van der Waals surface area contributed by atoms with Crippen LogP contribution in [0, 0.1) is 10.1 Å². The first-order valence-corrected chi connectivity index (χ1v) is 6.87. The molecule has 0 bridgehead atoms. The van der Waals surface area contributed by atoms with Gasteiger partial charge >= 0.3 is 5.82 Å². The predicted molar refractivity (Wildman–Crippen MR) is 74.6 cm³/mol. The molecular formula is C13H20N4O3. The second kappa shape index (κ2) is 6.04. The van der Waals surface area contributed by atoms with Crippen LogP contribution in [-0.4, -0.2) is 45.9 Å². The van der Waals surface area contributed by atoms with Crippen LogP contribution in [0.5, 0.6) is 0 Å². The fourth-order valence-corrected chi connectivity index (χ4v) is 2.45. The number of carbonyl (C=O) groups excluding carboxylic acids is 1. The average molecular weight is 280 g/mol. The molecule has 1 aromatic rings. The second-order valence-corrected chi connectivity index (χ2v) is 5.36. The normalized spacial score (nSPS) is 18.4. The number of nitro groups is 1. The third-order valence-corrected chi connectivity index (χ3v) is 3.56. The van der Waals surface area contributed by atoms with E-state index in [-0.39, 0.29) is 23.5 Å². The van der Waals surface area contributed by atoms with Crippen LogP contribution in [-0.2, 0) is 0 Å². The molecular weight excluding hydrogens is 260 g/mol. The summed E-state index contributed by atoms with van der Waals surface area (Å²) >= 11 is 0. The number of aromatic nitrogens is 1. The van der Waals surface area contributed by atoms with Crippen molar-refractivity contribution in [2.75, 3.05) is 13.1 Å². The molecule has 7 nitrogen and oxygen atoms in total.